The van der Waals surface area contributed by atoms with Crippen LogP contribution in [0.4, 0.5) is 0 Å². The Hall–Kier alpha value is -2.69. The van der Waals surface area contributed by atoms with Crippen LogP contribution in [0.2, 0.25) is 0 Å². The molecular formula is C15H13N3O2. The van der Waals surface area contributed by atoms with Crippen molar-refractivity contribution in [2.24, 2.45) is 0 Å². The van der Waals surface area contributed by atoms with Gasteiger partial charge in [0.05, 0.1) is 5.52 Å². The molecule has 0 saturated heterocycles. The number of fused-ring (bicyclic) bond motifs is 1. The lowest BCUT2D eigenvalue weighted by Gasteiger charge is -2.06. The van der Waals surface area contributed by atoms with E-state index in [9.17, 15) is 4.79 Å². The fourth-order valence-electron chi connectivity index (χ4n) is 1.97. The topological polar surface area (TPSA) is 57.0 Å². The summed E-state index contributed by atoms with van der Waals surface area (Å²) in [4.78, 5) is 11.3. The van der Waals surface area contributed by atoms with Crippen LogP contribution in [-0.4, -0.2) is 20.9 Å². The lowest BCUT2D eigenvalue weighted by atomic mass is 10.2. The summed E-state index contributed by atoms with van der Waals surface area (Å²) in [5.41, 5.74) is 2.43. The average molecular weight is 267 g/mol. The molecule has 1 aromatic heterocycles. The van der Waals surface area contributed by atoms with Crippen LogP contribution in [-0.2, 0) is 6.61 Å². The maximum Gasteiger partial charge on any atom is 0.245 e. The quantitative estimate of drug-likeness (QED) is 0.732. The summed E-state index contributed by atoms with van der Waals surface area (Å²) in [5.74, 6) is 0.544. The van der Waals surface area contributed by atoms with Gasteiger partial charge < -0.3 is 4.74 Å². The highest BCUT2D eigenvalue weighted by molar-refractivity contribution is 5.87. The van der Waals surface area contributed by atoms with E-state index in [1.165, 1.54) is 11.6 Å². The van der Waals surface area contributed by atoms with E-state index in [4.69, 9.17) is 4.74 Å². The van der Waals surface area contributed by atoms with Gasteiger partial charge in [-0.15, -0.1) is 5.10 Å². The second kappa shape index (κ2) is 5.13. The molecule has 0 spiro atoms. The summed E-state index contributed by atoms with van der Waals surface area (Å²) in [7, 11) is 0. The molecule has 0 aliphatic heterocycles. The normalized spacial score (nSPS) is 10.7. The number of hydrogen-bond acceptors (Lipinski definition) is 4. The molecule has 3 rings (SSSR count). The van der Waals surface area contributed by atoms with Gasteiger partial charge in [-0.2, -0.15) is 4.68 Å². The fraction of sp³-hybridized carbons (Fsp3) is 0.133. The van der Waals surface area contributed by atoms with Crippen molar-refractivity contribution >= 4 is 16.9 Å². The summed E-state index contributed by atoms with van der Waals surface area (Å²) < 4.78 is 6.98. The Morgan fingerprint density at radius 1 is 1.20 bits per heavy atom. The number of carbonyl (C=O) groups is 1. The highest BCUT2D eigenvalue weighted by Crippen LogP contribution is 2.19. The van der Waals surface area contributed by atoms with E-state index in [2.05, 4.69) is 10.3 Å². The van der Waals surface area contributed by atoms with E-state index >= 15 is 0 Å². The monoisotopic (exact) mass is 267 g/mol. The highest BCUT2D eigenvalue weighted by Gasteiger charge is 2.08. The third-order valence-electron chi connectivity index (χ3n) is 2.96. The summed E-state index contributed by atoms with van der Waals surface area (Å²) in [6, 6.07) is 15.3. The lowest BCUT2D eigenvalue weighted by Crippen LogP contribution is -2.07. The number of rotatable bonds is 3. The minimum atomic E-state index is -0.162. The van der Waals surface area contributed by atoms with Gasteiger partial charge in [0.2, 0.25) is 5.91 Å². The van der Waals surface area contributed by atoms with Gasteiger partial charge in [-0.1, -0.05) is 35.5 Å². The molecule has 3 aromatic rings. The molecule has 0 unspecified atom stereocenters. The second-order valence-electron chi connectivity index (χ2n) is 4.45. The molecule has 20 heavy (non-hydrogen) atoms. The summed E-state index contributed by atoms with van der Waals surface area (Å²) in [5, 5.41) is 7.78. The second-order valence-corrected chi connectivity index (χ2v) is 4.45. The Morgan fingerprint density at radius 3 is 2.75 bits per heavy atom. The van der Waals surface area contributed by atoms with Gasteiger partial charge in [-0.25, -0.2) is 0 Å². The molecule has 100 valence electrons. The van der Waals surface area contributed by atoms with Gasteiger partial charge >= 0.3 is 0 Å². The molecule has 5 nitrogen and oxygen atoms in total. The molecular weight excluding hydrogens is 254 g/mol. The van der Waals surface area contributed by atoms with Crippen LogP contribution in [0.5, 0.6) is 5.75 Å². The predicted octanol–water partition coefficient (Wildman–Crippen LogP) is 2.67. The van der Waals surface area contributed by atoms with Crippen molar-refractivity contribution in [2.45, 2.75) is 13.5 Å². The first kappa shape index (κ1) is 12.3. The van der Waals surface area contributed by atoms with Crippen molar-refractivity contribution in [1.29, 1.82) is 0 Å². The van der Waals surface area contributed by atoms with Gasteiger partial charge in [0.15, 0.2) is 0 Å². The molecule has 0 radical (unpaired) electrons. The van der Waals surface area contributed by atoms with Gasteiger partial charge in [0.25, 0.3) is 0 Å². The van der Waals surface area contributed by atoms with Crippen molar-refractivity contribution < 1.29 is 9.53 Å². The van der Waals surface area contributed by atoms with E-state index in [0.717, 1.165) is 5.56 Å². The SMILES string of the molecule is CC(=O)n1nnc2cc(OCc3ccccc3)ccc21. The number of ether oxygens (including phenoxy) is 1. The fourth-order valence-corrected chi connectivity index (χ4v) is 1.97. The maximum absolute atomic E-state index is 11.3. The van der Waals surface area contributed by atoms with Crippen LogP contribution >= 0.6 is 0 Å². The van der Waals surface area contributed by atoms with E-state index in [-0.39, 0.29) is 5.91 Å². The van der Waals surface area contributed by atoms with Crippen molar-refractivity contribution in [2.75, 3.05) is 0 Å². The zero-order valence-electron chi connectivity index (χ0n) is 11.0. The Morgan fingerprint density at radius 2 is 2.00 bits per heavy atom. The minimum absolute atomic E-state index is 0.162. The highest BCUT2D eigenvalue weighted by atomic mass is 16.5. The van der Waals surface area contributed by atoms with Crippen LogP contribution in [0.3, 0.4) is 0 Å². The van der Waals surface area contributed by atoms with Gasteiger partial charge in [-0.3, -0.25) is 4.79 Å². The van der Waals surface area contributed by atoms with Gasteiger partial charge in [-0.05, 0) is 17.7 Å². The Kier molecular flexibility index (Phi) is 3.16. The minimum Gasteiger partial charge on any atom is -0.489 e. The third kappa shape index (κ3) is 2.38. The van der Waals surface area contributed by atoms with Crippen molar-refractivity contribution in [3.63, 3.8) is 0 Å². The maximum atomic E-state index is 11.3. The zero-order valence-corrected chi connectivity index (χ0v) is 11.0. The average Bonchev–Trinajstić information content (AvgIpc) is 2.89. The molecule has 5 heteroatoms. The molecule has 0 N–H and O–H groups in total. The van der Waals surface area contributed by atoms with E-state index in [1.54, 1.807) is 12.1 Å². The molecule has 0 aliphatic carbocycles. The molecule has 0 aliphatic rings. The van der Waals surface area contributed by atoms with E-state index in [0.29, 0.717) is 23.4 Å². The van der Waals surface area contributed by atoms with Crippen LogP contribution in [0.25, 0.3) is 11.0 Å². The number of aromatic nitrogens is 3. The van der Waals surface area contributed by atoms with Crippen molar-refractivity contribution in [3.8, 4) is 5.75 Å². The van der Waals surface area contributed by atoms with Gasteiger partial charge in [0.1, 0.15) is 17.9 Å². The molecule has 0 saturated carbocycles. The number of nitrogens with zero attached hydrogens (tertiary/aromatic N) is 3. The third-order valence-corrected chi connectivity index (χ3v) is 2.96. The van der Waals surface area contributed by atoms with Crippen molar-refractivity contribution in [1.82, 2.24) is 15.0 Å². The lowest BCUT2D eigenvalue weighted by molar-refractivity contribution is 0.0924. The smallest absolute Gasteiger partial charge is 0.245 e. The van der Waals surface area contributed by atoms with Crippen molar-refractivity contribution in [3.05, 3.63) is 54.1 Å². The first-order valence-corrected chi connectivity index (χ1v) is 6.27. The van der Waals surface area contributed by atoms with E-state index in [1.807, 2.05) is 36.4 Å². The van der Waals surface area contributed by atoms with Crippen LogP contribution in [0.15, 0.2) is 48.5 Å². The first-order valence-electron chi connectivity index (χ1n) is 6.27. The molecule has 0 amide bonds. The number of carbonyl (C=O) groups excluding carboxylic acids is 1. The summed E-state index contributed by atoms with van der Waals surface area (Å²) in [6.45, 7) is 1.95. The number of benzene rings is 2. The largest absolute Gasteiger partial charge is 0.489 e. The molecule has 2 aromatic carbocycles. The Labute approximate surface area is 115 Å². The predicted molar refractivity (Wildman–Crippen MR) is 74.6 cm³/mol. The van der Waals surface area contributed by atoms with Crippen LogP contribution in [0, 0.1) is 0 Å². The molecule has 0 atom stereocenters. The van der Waals surface area contributed by atoms with Gasteiger partial charge in [0, 0.05) is 13.0 Å². The standard InChI is InChI=1S/C15H13N3O2/c1-11(19)18-15-8-7-13(9-14(15)16-17-18)20-10-12-5-3-2-4-6-12/h2-9H,10H2,1H3. The number of hydrogen-bond donors (Lipinski definition) is 0. The van der Waals surface area contributed by atoms with Crippen LogP contribution in [0.1, 0.15) is 17.3 Å². The Balaban J connectivity index is 1.81. The zero-order chi connectivity index (χ0) is 13.9. The molecule has 0 fully saturated rings. The van der Waals surface area contributed by atoms with E-state index < -0.39 is 0 Å². The van der Waals surface area contributed by atoms with Crippen LogP contribution < -0.4 is 4.74 Å². The summed E-state index contributed by atoms with van der Waals surface area (Å²) >= 11 is 0. The Bertz CT molecular complexity index is 750. The first-order chi connectivity index (χ1) is 9.74. The molecule has 1 heterocycles. The summed E-state index contributed by atoms with van der Waals surface area (Å²) in [6.07, 6.45) is 0. The molecule has 0 bridgehead atoms.